The molecule has 1 aromatic heterocycles. The minimum Gasteiger partial charge on any atom is -0.493 e. The largest absolute Gasteiger partial charge is 0.493 e. The van der Waals surface area contributed by atoms with Crippen LogP contribution >= 0.6 is 0 Å². The fourth-order valence-electron chi connectivity index (χ4n) is 3.27. The minimum absolute atomic E-state index is 0.192. The second-order valence-corrected chi connectivity index (χ2v) is 6.68. The van der Waals surface area contributed by atoms with Crippen LogP contribution in [0.1, 0.15) is 48.4 Å². The second kappa shape index (κ2) is 8.69. The van der Waals surface area contributed by atoms with Gasteiger partial charge in [0.15, 0.2) is 6.29 Å². The molecule has 0 spiro atoms. The third-order valence-electron chi connectivity index (χ3n) is 4.60. The van der Waals surface area contributed by atoms with E-state index in [2.05, 4.69) is 30.5 Å². The van der Waals surface area contributed by atoms with Gasteiger partial charge < -0.3 is 9.47 Å². The molecule has 0 N–H and O–H groups in total. The highest BCUT2D eigenvalue weighted by atomic mass is 16.5. The van der Waals surface area contributed by atoms with Crippen LogP contribution in [0.3, 0.4) is 0 Å². The molecule has 2 aromatic rings. The van der Waals surface area contributed by atoms with Gasteiger partial charge in [0, 0.05) is 36.0 Å². The van der Waals surface area contributed by atoms with Crippen LogP contribution in [0.25, 0.3) is 5.70 Å². The fraction of sp³-hybridized carbons (Fsp3) is 0.318. The highest BCUT2D eigenvalue weighted by molar-refractivity contribution is 5.83. The standard InChI is InChI=1S/C22H25N3O3/c1-5-16(22(23-6-2)19-9-11-24-25(19)15(3)4)14-28-21-8-7-20-17(10-12-27-20)18(21)13-26/h5-9,11,13,15H,1,10,12,14H2,2-4H3/b22-16+,23-6?. The number of benzene rings is 1. The van der Waals surface area contributed by atoms with Crippen LogP contribution < -0.4 is 9.47 Å². The van der Waals surface area contributed by atoms with Crippen molar-refractivity contribution in [2.45, 2.75) is 33.2 Å². The third kappa shape index (κ3) is 3.76. The summed E-state index contributed by atoms with van der Waals surface area (Å²) in [5.41, 5.74) is 3.91. The molecule has 28 heavy (non-hydrogen) atoms. The third-order valence-corrected chi connectivity index (χ3v) is 4.60. The van der Waals surface area contributed by atoms with Gasteiger partial charge in [0.2, 0.25) is 0 Å². The summed E-state index contributed by atoms with van der Waals surface area (Å²) >= 11 is 0. The van der Waals surface area contributed by atoms with Crippen LogP contribution in [0.4, 0.5) is 0 Å². The van der Waals surface area contributed by atoms with E-state index in [9.17, 15) is 4.79 Å². The van der Waals surface area contributed by atoms with Gasteiger partial charge in [-0.3, -0.25) is 14.5 Å². The summed E-state index contributed by atoms with van der Waals surface area (Å²) < 4.78 is 13.5. The number of fused-ring (bicyclic) bond motifs is 1. The number of hydrogen-bond donors (Lipinski definition) is 0. The van der Waals surface area contributed by atoms with Gasteiger partial charge in [0.05, 0.1) is 23.6 Å². The molecule has 3 rings (SSSR count). The Hall–Kier alpha value is -3.15. The summed E-state index contributed by atoms with van der Waals surface area (Å²) in [6.45, 7) is 10.8. The molecule has 0 saturated carbocycles. The van der Waals surface area contributed by atoms with E-state index in [-0.39, 0.29) is 12.6 Å². The zero-order valence-corrected chi connectivity index (χ0v) is 16.5. The van der Waals surface area contributed by atoms with Gasteiger partial charge in [0.1, 0.15) is 18.1 Å². The minimum atomic E-state index is 0.192. The van der Waals surface area contributed by atoms with Gasteiger partial charge in [-0.1, -0.05) is 12.7 Å². The van der Waals surface area contributed by atoms with E-state index in [4.69, 9.17) is 9.47 Å². The molecule has 0 amide bonds. The van der Waals surface area contributed by atoms with Gasteiger partial charge in [-0.25, -0.2) is 0 Å². The summed E-state index contributed by atoms with van der Waals surface area (Å²) in [7, 11) is 0. The van der Waals surface area contributed by atoms with Crippen LogP contribution in [0.5, 0.6) is 11.5 Å². The first-order valence-electron chi connectivity index (χ1n) is 9.35. The molecule has 1 aliphatic heterocycles. The zero-order chi connectivity index (χ0) is 20.1. The molecule has 2 heterocycles. The van der Waals surface area contributed by atoms with Crippen molar-refractivity contribution in [3.8, 4) is 11.5 Å². The Labute approximate surface area is 165 Å². The van der Waals surface area contributed by atoms with Crippen molar-refractivity contribution in [1.82, 2.24) is 9.78 Å². The van der Waals surface area contributed by atoms with Crippen LogP contribution in [0.15, 0.2) is 47.6 Å². The first-order chi connectivity index (χ1) is 13.6. The second-order valence-electron chi connectivity index (χ2n) is 6.68. The van der Waals surface area contributed by atoms with Crippen molar-refractivity contribution in [1.29, 1.82) is 0 Å². The molecular weight excluding hydrogens is 354 g/mol. The maximum absolute atomic E-state index is 11.6. The predicted octanol–water partition coefficient (Wildman–Crippen LogP) is 4.28. The first-order valence-corrected chi connectivity index (χ1v) is 9.35. The maximum atomic E-state index is 11.6. The molecule has 6 nitrogen and oxygen atoms in total. The number of aromatic nitrogens is 2. The fourth-order valence-corrected chi connectivity index (χ4v) is 3.27. The quantitative estimate of drug-likeness (QED) is 0.390. The number of aliphatic imine (C=N–C) groups is 1. The smallest absolute Gasteiger partial charge is 0.154 e. The van der Waals surface area contributed by atoms with E-state index in [0.29, 0.717) is 24.3 Å². The number of carbonyl (C=O) groups is 1. The van der Waals surface area contributed by atoms with Gasteiger partial charge in [-0.05, 0) is 39.0 Å². The van der Waals surface area contributed by atoms with E-state index in [1.807, 2.05) is 23.7 Å². The Morgan fingerprint density at radius 3 is 2.93 bits per heavy atom. The summed E-state index contributed by atoms with van der Waals surface area (Å²) in [6, 6.07) is 5.74. The van der Waals surface area contributed by atoms with Crippen molar-refractivity contribution in [3.05, 3.63) is 59.4 Å². The Morgan fingerprint density at radius 1 is 1.43 bits per heavy atom. The number of hydrogen-bond acceptors (Lipinski definition) is 5. The number of rotatable bonds is 8. The van der Waals surface area contributed by atoms with E-state index in [0.717, 1.165) is 34.6 Å². The number of carbonyl (C=O) groups excluding carboxylic acids is 1. The van der Waals surface area contributed by atoms with Crippen LogP contribution in [0, 0.1) is 0 Å². The van der Waals surface area contributed by atoms with Crippen LogP contribution in [-0.4, -0.2) is 35.5 Å². The average molecular weight is 379 g/mol. The van der Waals surface area contributed by atoms with Crippen molar-refractivity contribution in [3.63, 3.8) is 0 Å². The average Bonchev–Trinajstić information content (AvgIpc) is 3.36. The van der Waals surface area contributed by atoms with Gasteiger partial charge >= 0.3 is 0 Å². The molecule has 0 saturated heterocycles. The van der Waals surface area contributed by atoms with E-state index in [1.54, 1.807) is 24.6 Å². The summed E-state index contributed by atoms with van der Waals surface area (Å²) in [4.78, 5) is 16.2. The molecule has 1 aliphatic rings. The van der Waals surface area contributed by atoms with Gasteiger partial charge in [0.25, 0.3) is 0 Å². The highest BCUT2D eigenvalue weighted by Gasteiger charge is 2.20. The topological polar surface area (TPSA) is 65.7 Å². The van der Waals surface area contributed by atoms with Crippen LogP contribution in [0.2, 0.25) is 0 Å². The lowest BCUT2D eigenvalue weighted by atomic mass is 10.1. The Bertz CT molecular complexity index is 938. The van der Waals surface area contributed by atoms with E-state index >= 15 is 0 Å². The van der Waals surface area contributed by atoms with Crippen molar-refractivity contribution in [2.24, 2.45) is 4.99 Å². The summed E-state index contributed by atoms with van der Waals surface area (Å²) in [6.07, 6.45) is 6.77. The summed E-state index contributed by atoms with van der Waals surface area (Å²) in [5, 5.41) is 4.39. The normalized spacial score (nSPS) is 14.0. The van der Waals surface area contributed by atoms with E-state index < -0.39 is 0 Å². The molecule has 6 heteroatoms. The van der Waals surface area contributed by atoms with Crippen LogP contribution in [-0.2, 0) is 6.42 Å². The Morgan fingerprint density at radius 2 is 2.25 bits per heavy atom. The molecule has 0 bridgehead atoms. The Balaban J connectivity index is 1.95. The van der Waals surface area contributed by atoms with Crippen molar-refractivity contribution in [2.75, 3.05) is 13.2 Å². The lowest BCUT2D eigenvalue weighted by molar-refractivity contribution is 0.111. The lowest BCUT2D eigenvalue weighted by Crippen LogP contribution is -2.10. The predicted molar refractivity (Wildman–Crippen MR) is 110 cm³/mol. The van der Waals surface area contributed by atoms with Gasteiger partial charge in [-0.15, -0.1) is 0 Å². The monoisotopic (exact) mass is 379 g/mol. The van der Waals surface area contributed by atoms with Gasteiger partial charge in [-0.2, -0.15) is 5.10 Å². The Kier molecular flexibility index (Phi) is 6.09. The lowest BCUT2D eigenvalue weighted by Gasteiger charge is -2.15. The first kappa shape index (κ1) is 19.6. The SMILES string of the molecule is C=C/C(COc1ccc2c(c1C=O)CCO2)=C(\N=CC)c1ccnn1C(C)C. The number of nitrogens with zero attached hydrogens (tertiary/aromatic N) is 3. The molecule has 0 fully saturated rings. The molecule has 0 atom stereocenters. The molecule has 146 valence electrons. The molecule has 0 aliphatic carbocycles. The number of aldehydes is 1. The zero-order valence-electron chi connectivity index (χ0n) is 16.5. The molecule has 0 radical (unpaired) electrons. The summed E-state index contributed by atoms with van der Waals surface area (Å²) in [5.74, 6) is 1.29. The molecule has 1 aromatic carbocycles. The maximum Gasteiger partial charge on any atom is 0.154 e. The van der Waals surface area contributed by atoms with Crippen molar-refractivity contribution >= 4 is 18.2 Å². The molecule has 0 unspecified atom stereocenters. The van der Waals surface area contributed by atoms with E-state index in [1.165, 1.54) is 0 Å². The van der Waals surface area contributed by atoms with Crippen molar-refractivity contribution < 1.29 is 14.3 Å². The number of ether oxygens (including phenoxy) is 2. The highest BCUT2D eigenvalue weighted by Crippen LogP contribution is 2.34. The molecular formula is C22H25N3O3.